The van der Waals surface area contributed by atoms with Crippen LogP contribution in [0.25, 0.3) is 11.1 Å². The summed E-state index contributed by atoms with van der Waals surface area (Å²) in [5.74, 6) is 0.982. The van der Waals surface area contributed by atoms with Crippen LogP contribution in [0.5, 0.6) is 0 Å². The van der Waals surface area contributed by atoms with Crippen molar-refractivity contribution >= 4 is 23.4 Å². The normalized spacial score (nSPS) is 10.7. The molecule has 0 spiro atoms. The lowest BCUT2D eigenvalue weighted by molar-refractivity contribution is 0.660. The van der Waals surface area contributed by atoms with Crippen LogP contribution in [0, 0.1) is 5.41 Å². The fourth-order valence-corrected chi connectivity index (χ4v) is 3.36. The molecule has 0 saturated heterocycles. The van der Waals surface area contributed by atoms with Crippen molar-refractivity contribution in [2.24, 2.45) is 0 Å². The third-order valence-electron chi connectivity index (χ3n) is 4.83. The van der Waals surface area contributed by atoms with E-state index in [4.69, 9.17) is 5.41 Å². The number of nitrogens with one attached hydrogen (secondary N) is 2. The van der Waals surface area contributed by atoms with Crippen LogP contribution in [0.3, 0.4) is 0 Å². The Kier molecular flexibility index (Phi) is 7.00. The lowest BCUT2D eigenvalue weighted by Crippen LogP contribution is -2.25. The van der Waals surface area contributed by atoms with Gasteiger partial charge in [0.1, 0.15) is 5.82 Å². The maximum absolute atomic E-state index is 7.78. The Morgan fingerprint density at radius 2 is 1.86 bits per heavy atom. The Bertz CT molecular complexity index is 940. The number of nitrogens with zero attached hydrogens (tertiary/aromatic N) is 4. The van der Waals surface area contributed by atoms with E-state index in [2.05, 4.69) is 53.2 Å². The van der Waals surface area contributed by atoms with Crippen molar-refractivity contribution in [1.29, 1.82) is 5.41 Å². The average molecular weight is 391 g/mol. The smallest absolute Gasteiger partial charge is 0.130 e. The monoisotopic (exact) mass is 390 g/mol. The molecule has 2 N–H and O–H groups in total. The van der Waals surface area contributed by atoms with E-state index in [0.717, 1.165) is 66.4 Å². The minimum atomic E-state index is 0.842. The van der Waals surface area contributed by atoms with Crippen molar-refractivity contribution in [3.8, 4) is 11.1 Å². The Hall–Kier alpha value is -3.15. The van der Waals surface area contributed by atoms with Crippen LogP contribution in [-0.4, -0.2) is 34.1 Å². The summed E-state index contributed by atoms with van der Waals surface area (Å²) in [5, 5.41) is 15.6. The Labute approximate surface area is 173 Å². The van der Waals surface area contributed by atoms with Gasteiger partial charge in [0.2, 0.25) is 0 Å². The van der Waals surface area contributed by atoms with Gasteiger partial charge < -0.3 is 15.6 Å². The van der Waals surface area contributed by atoms with E-state index >= 15 is 0 Å². The van der Waals surface area contributed by atoms with E-state index < -0.39 is 0 Å². The summed E-state index contributed by atoms with van der Waals surface area (Å²) in [7, 11) is 0. The lowest BCUT2D eigenvalue weighted by Gasteiger charge is -2.23. The zero-order valence-electron chi connectivity index (χ0n) is 17.5. The quantitative estimate of drug-likeness (QED) is 0.459. The number of pyridine rings is 1. The molecule has 0 saturated carbocycles. The molecule has 29 heavy (non-hydrogen) atoms. The van der Waals surface area contributed by atoms with E-state index in [1.807, 2.05) is 41.5 Å². The summed E-state index contributed by atoms with van der Waals surface area (Å²) in [5.41, 5.74) is 4.85. The highest BCUT2D eigenvalue weighted by Crippen LogP contribution is 2.28. The molecule has 6 nitrogen and oxygen atoms in total. The second-order valence-corrected chi connectivity index (χ2v) is 7.05. The third kappa shape index (κ3) is 5.02. The van der Waals surface area contributed by atoms with Crippen LogP contribution in [0.2, 0.25) is 0 Å². The molecule has 0 aliphatic rings. The molecule has 0 aliphatic carbocycles. The summed E-state index contributed by atoms with van der Waals surface area (Å²) < 4.78 is 1.91. The van der Waals surface area contributed by atoms with E-state index in [-0.39, 0.29) is 0 Å². The minimum absolute atomic E-state index is 0.842. The minimum Gasteiger partial charge on any atom is -0.357 e. The number of rotatable bonds is 10. The molecule has 0 unspecified atom stereocenters. The zero-order valence-corrected chi connectivity index (χ0v) is 17.5. The largest absolute Gasteiger partial charge is 0.357 e. The predicted molar refractivity (Wildman–Crippen MR) is 122 cm³/mol. The van der Waals surface area contributed by atoms with Crippen molar-refractivity contribution in [3.63, 3.8) is 0 Å². The van der Waals surface area contributed by atoms with Crippen LogP contribution in [-0.2, 0) is 6.54 Å². The summed E-state index contributed by atoms with van der Waals surface area (Å²) in [6.45, 7) is 9.28. The molecular formula is C23H30N6. The number of benzene rings is 1. The molecule has 0 aliphatic heterocycles. The summed E-state index contributed by atoms with van der Waals surface area (Å²) in [6.07, 6.45) is 9.32. The topological polar surface area (TPSA) is 69.8 Å². The molecule has 0 atom stereocenters. The summed E-state index contributed by atoms with van der Waals surface area (Å²) in [4.78, 5) is 6.89. The first-order valence-corrected chi connectivity index (χ1v) is 10.3. The van der Waals surface area contributed by atoms with E-state index in [9.17, 15) is 0 Å². The highest BCUT2D eigenvalue weighted by Gasteiger charge is 2.10. The summed E-state index contributed by atoms with van der Waals surface area (Å²) in [6, 6.07) is 10.1. The SMILES string of the molecule is CCCN(CCC)c1cc(Nc2cc(-c3cnn(CC)c3)ccc2C=N)ccn1. The van der Waals surface area contributed by atoms with Gasteiger partial charge in [-0.2, -0.15) is 5.10 Å². The second kappa shape index (κ2) is 9.87. The highest BCUT2D eigenvalue weighted by molar-refractivity contribution is 5.89. The molecule has 2 heterocycles. The van der Waals surface area contributed by atoms with Crippen LogP contribution in [0.15, 0.2) is 48.9 Å². The number of hydrogen-bond donors (Lipinski definition) is 2. The first kappa shape index (κ1) is 20.6. The van der Waals surface area contributed by atoms with Crippen molar-refractivity contribution in [3.05, 3.63) is 54.5 Å². The molecular weight excluding hydrogens is 360 g/mol. The van der Waals surface area contributed by atoms with Crippen molar-refractivity contribution in [2.45, 2.75) is 40.2 Å². The van der Waals surface area contributed by atoms with Crippen molar-refractivity contribution < 1.29 is 0 Å². The maximum Gasteiger partial charge on any atom is 0.130 e. The van der Waals surface area contributed by atoms with Gasteiger partial charge in [-0.3, -0.25) is 4.68 Å². The molecule has 0 amide bonds. The van der Waals surface area contributed by atoms with Crippen molar-refractivity contribution in [2.75, 3.05) is 23.3 Å². The molecule has 152 valence electrons. The molecule has 0 radical (unpaired) electrons. The first-order valence-electron chi connectivity index (χ1n) is 10.3. The van der Waals surface area contributed by atoms with Crippen LogP contribution >= 0.6 is 0 Å². The summed E-state index contributed by atoms with van der Waals surface area (Å²) >= 11 is 0. The number of hydrogen-bond acceptors (Lipinski definition) is 5. The Morgan fingerprint density at radius 3 is 2.52 bits per heavy atom. The highest BCUT2D eigenvalue weighted by atomic mass is 15.3. The second-order valence-electron chi connectivity index (χ2n) is 7.05. The number of anilines is 3. The van der Waals surface area contributed by atoms with Crippen LogP contribution in [0.4, 0.5) is 17.2 Å². The van der Waals surface area contributed by atoms with Gasteiger partial charge in [0.15, 0.2) is 0 Å². The molecule has 3 aromatic rings. The molecule has 0 fully saturated rings. The molecule has 6 heteroatoms. The molecule has 3 rings (SSSR count). The molecule has 1 aromatic carbocycles. The predicted octanol–water partition coefficient (Wildman–Crippen LogP) is 5.33. The Morgan fingerprint density at radius 1 is 1.07 bits per heavy atom. The van der Waals surface area contributed by atoms with Crippen molar-refractivity contribution in [1.82, 2.24) is 14.8 Å². The van der Waals surface area contributed by atoms with Gasteiger partial charge in [0, 0.05) is 66.8 Å². The standard InChI is InChI=1S/C23H30N6/c1-4-11-28(12-5-2)23-14-21(9-10-25-23)27-22-13-18(7-8-19(22)15-24)20-16-26-29(6-3)17-20/h7-10,13-17,24H,4-6,11-12H2,1-3H3,(H,25,27). The zero-order chi connectivity index (χ0) is 20.6. The van der Waals surface area contributed by atoms with Gasteiger partial charge in [-0.25, -0.2) is 4.98 Å². The van der Waals surface area contributed by atoms with Gasteiger partial charge >= 0.3 is 0 Å². The maximum atomic E-state index is 7.78. The van der Waals surface area contributed by atoms with E-state index in [0.29, 0.717) is 0 Å². The Balaban J connectivity index is 1.89. The van der Waals surface area contributed by atoms with Gasteiger partial charge in [-0.05, 0) is 37.5 Å². The number of aryl methyl sites for hydroxylation is 1. The average Bonchev–Trinajstić information content (AvgIpc) is 3.23. The number of aromatic nitrogens is 3. The van der Waals surface area contributed by atoms with Crippen LogP contribution in [0.1, 0.15) is 39.2 Å². The molecule has 0 bridgehead atoms. The lowest BCUT2D eigenvalue weighted by atomic mass is 10.1. The fraction of sp³-hybridized carbons (Fsp3) is 0.348. The fourth-order valence-electron chi connectivity index (χ4n) is 3.36. The van der Waals surface area contributed by atoms with Gasteiger partial charge in [-0.15, -0.1) is 0 Å². The molecule has 2 aromatic heterocycles. The van der Waals surface area contributed by atoms with Gasteiger partial charge in [-0.1, -0.05) is 26.0 Å². The van der Waals surface area contributed by atoms with Crippen LogP contribution < -0.4 is 10.2 Å². The van der Waals surface area contributed by atoms with E-state index in [1.54, 1.807) is 0 Å². The third-order valence-corrected chi connectivity index (χ3v) is 4.83. The van der Waals surface area contributed by atoms with Gasteiger partial charge in [0.05, 0.1) is 6.20 Å². The van der Waals surface area contributed by atoms with Gasteiger partial charge in [0.25, 0.3) is 0 Å². The van der Waals surface area contributed by atoms with E-state index in [1.165, 1.54) is 6.21 Å². The first-order chi connectivity index (χ1) is 14.2.